The Labute approximate surface area is 104 Å². The monoisotopic (exact) mass is 250 g/mol. The first-order valence-corrected chi connectivity index (χ1v) is 5.01. The zero-order valence-electron chi connectivity index (χ0n) is 10.1. The van der Waals surface area contributed by atoms with Crippen LogP contribution in [0.2, 0.25) is 0 Å². The third-order valence-electron chi connectivity index (χ3n) is 1.82. The number of carbonyl (C=O) groups excluding carboxylic acids is 1. The number of hydrogen-bond donors (Lipinski definition) is 2. The largest absolute Gasteiger partial charge is 0.493 e. The number of guanidine groups is 1. The zero-order valence-corrected chi connectivity index (χ0v) is 10.1. The number of nitrogens with two attached hydrogens (primary N) is 2. The average Bonchev–Trinajstić information content (AvgIpc) is 2.28. The number of benzene rings is 1. The molecule has 0 radical (unpaired) electrons. The van der Waals surface area contributed by atoms with Crippen molar-refractivity contribution in [3.05, 3.63) is 23.8 Å². The van der Waals surface area contributed by atoms with Gasteiger partial charge in [-0.1, -0.05) is 0 Å². The molecule has 0 unspecified atom stereocenters. The average molecular weight is 250 g/mol. The van der Waals surface area contributed by atoms with E-state index in [0.29, 0.717) is 17.1 Å². The molecule has 0 aliphatic heterocycles. The summed E-state index contributed by atoms with van der Waals surface area (Å²) in [5, 5.41) is 7.10. The highest BCUT2D eigenvalue weighted by Crippen LogP contribution is 2.27. The van der Waals surface area contributed by atoms with E-state index >= 15 is 0 Å². The first-order chi connectivity index (χ1) is 8.52. The van der Waals surface area contributed by atoms with Gasteiger partial charge in [0.25, 0.3) is 0 Å². The van der Waals surface area contributed by atoms with Crippen molar-refractivity contribution in [2.24, 2.45) is 21.7 Å². The molecule has 0 spiro atoms. The van der Waals surface area contributed by atoms with Gasteiger partial charge in [0.15, 0.2) is 11.5 Å². The molecule has 0 aliphatic rings. The van der Waals surface area contributed by atoms with Crippen LogP contribution in [0.3, 0.4) is 0 Å². The van der Waals surface area contributed by atoms with Crippen LogP contribution in [-0.4, -0.2) is 25.3 Å². The molecule has 0 saturated heterocycles. The first-order valence-electron chi connectivity index (χ1n) is 5.01. The van der Waals surface area contributed by atoms with Crippen LogP contribution in [0.4, 0.5) is 0 Å². The maximum atomic E-state index is 10.9. The molecule has 1 aromatic rings. The molecule has 0 bridgehead atoms. The molecule has 18 heavy (non-hydrogen) atoms. The predicted octanol–water partition coefficient (Wildman–Crippen LogP) is 0.228. The molecule has 7 nitrogen and oxygen atoms in total. The van der Waals surface area contributed by atoms with Crippen LogP contribution in [-0.2, 0) is 4.79 Å². The molecule has 0 fully saturated rings. The van der Waals surface area contributed by atoms with Gasteiger partial charge < -0.3 is 20.9 Å². The van der Waals surface area contributed by atoms with Crippen LogP contribution in [0.25, 0.3) is 0 Å². The van der Waals surface area contributed by atoms with E-state index in [1.165, 1.54) is 20.2 Å². The van der Waals surface area contributed by atoms with Gasteiger partial charge in [0.05, 0.1) is 13.3 Å². The molecule has 0 aromatic heterocycles. The highest BCUT2D eigenvalue weighted by atomic mass is 16.6. The van der Waals surface area contributed by atoms with Crippen molar-refractivity contribution in [3.8, 4) is 11.5 Å². The van der Waals surface area contributed by atoms with Gasteiger partial charge >= 0.3 is 5.97 Å². The van der Waals surface area contributed by atoms with Crippen LogP contribution in [0.5, 0.6) is 11.5 Å². The maximum Gasteiger partial charge on any atom is 0.308 e. The summed E-state index contributed by atoms with van der Waals surface area (Å²) >= 11 is 0. The quantitative estimate of drug-likeness (QED) is 0.261. The number of rotatable bonds is 4. The lowest BCUT2D eigenvalue weighted by atomic mass is 10.2. The predicted molar refractivity (Wildman–Crippen MR) is 67.7 cm³/mol. The fourth-order valence-corrected chi connectivity index (χ4v) is 1.17. The molecule has 0 saturated carbocycles. The number of ether oxygens (including phenoxy) is 2. The van der Waals surface area contributed by atoms with Gasteiger partial charge in [-0.2, -0.15) is 5.10 Å². The highest BCUT2D eigenvalue weighted by Gasteiger charge is 2.07. The van der Waals surface area contributed by atoms with Gasteiger partial charge in [-0.15, -0.1) is 5.10 Å². The lowest BCUT2D eigenvalue weighted by Gasteiger charge is -2.07. The van der Waals surface area contributed by atoms with Crippen molar-refractivity contribution < 1.29 is 14.3 Å². The summed E-state index contributed by atoms with van der Waals surface area (Å²) < 4.78 is 10.0. The zero-order chi connectivity index (χ0) is 13.5. The molecule has 4 N–H and O–H groups in total. The normalized spacial score (nSPS) is 10.1. The van der Waals surface area contributed by atoms with Crippen molar-refractivity contribution in [1.82, 2.24) is 0 Å². The molecule has 96 valence electrons. The molecular weight excluding hydrogens is 236 g/mol. The molecular formula is C11H14N4O3. The summed E-state index contributed by atoms with van der Waals surface area (Å²) in [6.07, 6.45) is 1.42. The van der Waals surface area contributed by atoms with Crippen molar-refractivity contribution in [1.29, 1.82) is 0 Å². The van der Waals surface area contributed by atoms with Gasteiger partial charge in [0.1, 0.15) is 0 Å². The second-order valence-electron chi connectivity index (χ2n) is 3.27. The Morgan fingerprint density at radius 3 is 2.61 bits per heavy atom. The molecule has 0 heterocycles. The van der Waals surface area contributed by atoms with Gasteiger partial charge in [0, 0.05) is 6.92 Å². The van der Waals surface area contributed by atoms with Crippen LogP contribution < -0.4 is 20.9 Å². The lowest BCUT2D eigenvalue weighted by Crippen LogP contribution is -2.21. The molecule has 1 rings (SSSR count). The first kappa shape index (κ1) is 13.5. The number of nitrogens with zero attached hydrogens (tertiary/aromatic N) is 2. The van der Waals surface area contributed by atoms with Gasteiger partial charge in [0.2, 0.25) is 5.96 Å². The van der Waals surface area contributed by atoms with Crippen LogP contribution in [0.15, 0.2) is 28.4 Å². The van der Waals surface area contributed by atoms with Crippen LogP contribution >= 0.6 is 0 Å². The SMILES string of the molecule is COc1ccc(C=NN=C(N)N)cc1OC(C)=O. The molecule has 1 aromatic carbocycles. The highest BCUT2D eigenvalue weighted by molar-refractivity contribution is 5.83. The number of methoxy groups -OCH3 is 1. The third-order valence-corrected chi connectivity index (χ3v) is 1.82. The Hall–Kier alpha value is -2.57. The minimum absolute atomic E-state index is 0.139. The smallest absolute Gasteiger partial charge is 0.308 e. The lowest BCUT2D eigenvalue weighted by molar-refractivity contribution is -0.132. The van der Waals surface area contributed by atoms with Gasteiger partial charge in [-0.05, 0) is 23.8 Å². The van der Waals surface area contributed by atoms with E-state index in [0.717, 1.165) is 0 Å². The Kier molecular flexibility index (Phi) is 4.67. The van der Waals surface area contributed by atoms with E-state index in [1.807, 2.05) is 0 Å². The van der Waals surface area contributed by atoms with E-state index in [-0.39, 0.29) is 5.96 Å². The van der Waals surface area contributed by atoms with Crippen molar-refractivity contribution in [2.75, 3.05) is 7.11 Å². The molecule has 0 aliphatic carbocycles. The van der Waals surface area contributed by atoms with Gasteiger partial charge in [-0.3, -0.25) is 4.79 Å². The van der Waals surface area contributed by atoms with E-state index in [9.17, 15) is 4.79 Å². The number of hydrogen-bond acceptors (Lipinski definition) is 5. The van der Waals surface area contributed by atoms with Crippen LogP contribution in [0.1, 0.15) is 12.5 Å². The second-order valence-corrected chi connectivity index (χ2v) is 3.27. The Balaban J connectivity index is 2.98. The maximum absolute atomic E-state index is 10.9. The summed E-state index contributed by atoms with van der Waals surface area (Å²) in [5.41, 5.74) is 10.9. The third kappa shape index (κ3) is 4.12. The van der Waals surface area contributed by atoms with E-state index < -0.39 is 5.97 Å². The molecule has 0 amide bonds. The van der Waals surface area contributed by atoms with E-state index in [2.05, 4.69) is 10.2 Å². The number of esters is 1. The van der Waals surface area contributed by atoms with E-state index in [4.69, 9.17) is 20.9 Å². The Morgan fingerprint density at radius 1 is 1.33 bits per heavy atom. The topological polar surface area (TPSA) is 112 Å². The minimum Gasteiger partial charge on any atom is -0.493 e. The van der Waals surface area contributed by atoms with Gasteiger partial charge in [-0.25, -0.2) is 0 Å². The fourth-order valence-electron chi connectivity index (χ4n) is 1.17. The van der Waals surface area contributed by atoms with Crippen molar-refractivity contribution >= 4 is 18.1 Å². The Morgan fingerprint density at radius 2 is 2.06 bits per heavy atom. The second kappa shape index (κ2) is 6.24. The van der Waals surface area contributed by atoms with Crippen molar-refractivity contribution in [3.63, 3.8) is 0 Å². The Bertz CT molecular complexity index is 493. The molecule has 7 heteroatoms. The summed E-state index contributed by atoms with van der Waals surface area (Å²) in [7, 11) is 1.48. The number of carbonyl (C=O) groups is 1. The van der Waals surface area contributed by atoms with Crippen molar-refractivity contribution in [2.45, 2.75) is 6.92 Å². The standard InChI is InChI=1S/C11H14N4O3/c1-7(16)18-10-5-8(3-4-9(10)17-2)6-14-15-11(12)13/h3-6H,1-2H3,(H4,12,13,15). The minimum atomic E-state index is -0.438. The summed E-state index contributed by atoms with van der Waals surface area (Å²) in [6.45, 7) is 1.31. The van der Waals surface area contributed by atoms with E-state index in [1.54, 1.807) is 18.2 Å². The summed E-state index contributed by atoms with van der Waals surface area (Å²) in [5.74, 6) is 0.175. The fraction of sp³-hybridized carbons (Fsp3) is 0.182. The summed E-state index contributed by atoms with van der Waals surface area (Å²) in [4.78, 5) is 10.9. The molecule has 0 atom stereocenters. The summed E-state index contributed by atoms with van der Waals surface area (Å²) in [6, 6.07) is 4.96. The van der Waals surface area contributed by atoms with Crippen LogP contribution in [0, 0.1) is 0 Å².